The lowest BCUT2D eigenvalue weighted by molar-refractivity contribution is -0.167. The summed E-state index contributed by atoms with van der Waals surface area (Å²) in [7, 11) is 0. The molecule has 0 aromatic heterocycles. The van der Waals surface area contributed by atoms with Gasteiger partial charge in [-0.05, 0) is 51.4 Å². The minimum Gasteiger partial charge on any atom is -0.462 e. The van der Waals surface area contributed by atoms with Crippen LogP contribution in [0.5, 0.6) is 0 Å². The van der Waals surface area contributed by atoms with Gasteiger partial charge >= 0.3 is 17.9 Å². The molecule has 0 amide bonds. The van der Waals surface area contributed by atoms with Gasteiger partial charge in [0, 0.05) is 19.3 Å². The van der Waals surface area contributed by atoms with E-state index in [9.17, 15) is 14.4 Å². The largest absolute Gasteiger partial charge is 0.462 e. The number of esters is 3. The standard InChI is InChI=1S/C62H114O6/c1-4-7-10-13-16-19-21-23-24-25-26-27-28-29-30-31-32-33-34-35-36-37-39-40-43-46-49-52-55-61(64)67-58-59(57-66-60(63)54-51-48-45-42-18-15-12-9-6-3)68-62(65)56-53-50-47-44-41-38-22-20-17-14-11-8-5-2/h8,11,17,20,38,41,59H,4-7,9-10,12-16,18-19,21-37,39-40,42-58H2,1-3H3/b11-8-,20-17-,41-38-. The number of ether oxygens (including phenoxy) is 3. The van der Waals surface area contributed by atoms with E-state index in [0.717, 1.165) is 83.5 Å². The molecule has 0 aliphatic heterocycles. The lowest BCUT2D eigenvalue weighted by atomic mass is 10.0. The lowest BCUT2D eigenvalue weighted by Gasteiger charge is -2.18. The summed E-state index contributed by atoms with van der Waals surface area (Å²) in [5.41, 5.74) is 0. The number of rotatable bonds is 55. The van der Waals surface area contributed by atoms with Crippen LogP contribution in [0.25, 0.3) is 0 Å². The Kier molecular flexibility index (Phi) is 55.2. The molecule has 0 heterocycles. The zero-order valence-electron chi connectivity index (χ0n) is 45.6. The Hall–Kier alpha value is -2.37. The maximum Gasteiger partial charge on any atom is 0.306 e. The summed E-state index contributed by atoms with van der Waals surface area (Å²) in [5, 5.41) is 0. The van der Waals surface area contributed by atoms with Gasteiger partial charge in [-0.3, -0.25) is 14.4 Å². The molecule has 0 radical (unpaired) electrons. The molecule has 398 valence electrons. The van der Waals surface area contributed by atoms with Gasteiger partial charge in [-0.1, -0.05) is 288 Å². The van der Waals surface area contributed by atoms with E-state index >= 15 is 0 Å². The number of hydrogen-bond acceptors (Lipinski definition) is 6. The van der Waals surface area contributed by atoms with Crippen LogP contribution in [0.4, 0.5) is 0 Å². The van der Waals surface area contributed by atoms with E-state index < -0.39 is 6.10 Å². The first kappa shape index (κ1) is 65.6. The molecule has 0 saturated carbocycles. The molecule has 0 aliphatic carbocycles. The fourth-order valence-electron chi connectivity index (χ4n) is 8.93. The van der Waals surface area contributed by atoms with Crippen LogP contribution in [-0.4, -0.2) is 37.2 Å². The molecule has 1 unspecified atom stereocenters. The van der Waals surface area contributed by atoms with Gasteiger partial charge in [-0.25, -0.2) is 0 Å². The lowest BCUT2D eigenvalue weighted by Crippen LogP contribution is -2.30. The molecule has 1 atom stereocenters. The number of hydrogen-bond donors (Lipinski definition) is 0. The van der Waals surface area contributed by atoms with Crippen molar-refractivity contribution in [1.82, 2.24) is 0 Å². The Labute approximate surface area is 423 Å². The third-order valence-corrected chi connectivity index (χ3v) is 13.4. The van der Waals surface area contributed by atoms with E-state index in [1.807, 2.05) is 0 Å². The minimum atomic E-state index is -0.782. The van der Waals surface area contributed by atoms with E-state index in [2.05, 4.69) is 57.2 Å². The van der Waals surface area contributed by atoms with Crippen molar-refractivity contribution < 1.29 is 28.6 Å². The van der Waals surface area contributed by atoms with Gasteiger partial charge < -0.3 is 14.2 Å². The Bertz CT molecular complexity index is 1140. The first-order chi connectivity index (χ1) is 33.5. The smallest absolute Gasteiger partial charge is 0.306 e. The van der Waals surface area contributed by atoms with Crippen LogP contribution >= 0.6 is 0 Å². The second-order valence-corrected chi connectivity index (χ2v) is 20.2. The average Bonchev–Trinajstić information content (AvgIpc) is 3.34. The summed E-state index contributed by atoms with van der Waals surface area (Å²) in [5.74, 6) is -0.897. The molecule has 0 saturated heterocycles. The highest BCUT2D eigenvalue weighted by Gasteiger charge is 2.19. The summed E-state index contributed by atoms with van der Waals surface area (Å²) in [4.78, 5) is 38.0. The fraction of sp³-hybridized carbons (Fsp3) is 0.855. The molecular formula is C62H114O6. The monoisotopic (exact) mass is 955 g/mol. The number of carbonyl (C=O) groups excluding carboxylic acids is 3. The van der Waals surface area contributed by atoms with Crippen molar-refractivity contribution in [2.24, 2.45) is 0 Å². The highest BCUT2D eigenvalue weighted by atomic mass is 16.6. The van der Waals surface area contributed by atoms with E-state index in [1.165, 1.54) is 199 Å². The SMILES string of the molecule is CC/C=C\C/C=C\C/C=C\CCCCCC(=O)OC(COC(=O)CCCCCCCCCCC)COC(=O)CCCCCCCCCCCCCCCCCCCCCCCCCCCCCC. The zero-order valence-corrected chi connectivity index (χ0v) is 45.6. The van der Waals surface area contributed by atoms with E-state index in [4.69, 9.17) is 14.2 Å². The second kappa shape index (κ2) is 57.2. The van der Waals surface area contributed by atoms with Crippen LogP contribution in [0.15, 0.2) is 36.5 Å². The molecule has 6 nitrogen and oxygen atoms in total. The number of allylic oxidation sites excluding steroid dienone is 6. The predicted molar refractivity (Wildman–Crippen MR) is 293 cm³/mol. The maximum absolute atomic E-state index is 12.8. The fourth-order valence-corrected chi connectivity index (χ4v) is 8.93. The molecule has 0 N–H and O–H groups in total. The number of carbonyl (C=O) groups is 3. The Morgan fingerprint density at radius 3 is 0.897 bits per heavy atom. The van der Waals surface area contributed by atoms with Crippen LogP contribution < -0.4 is 0 Å². The molecule has 0 aromatic carbocycles. The molecule has 0 rings (SSSR count). The van der Waals surface area contributed by atoms with Gasteiger partial charge in [0.25, 0.3) is 0 Å². The van der Waals surface area contributed by atoms with E-state index in [-0.39, 0.29) is 31.1 Å². The third-order valence-electron chi connectivity index (χ3n) is 13.4. The van der Waals surface area contributed by atoms with Crippen molar-refractivity contribution >= 4 is 17.9 Å². The molecule has 0 fully saturated rings. The van der Waals surface area contributed by atoms with Crippen LogP contribution in [0, 0.1) is 0 Å². The first-order valence-corrected chi connectivity index (χ1v) is 30.0. The predicted octanol–water partition coefficient (Wildman–Crippen LogP) is 20.0. The molecule has 0 bridgehead atoms. The first-order valence-electron chi connectivity index (χ1n) is 30.0. The van der Waals surface area contributed by atoms with Crippen molar-refractivity contribution in [2.75, 3.05) is 13.2 Å². The van der Waals surface area contributed by atoms with Gasteiger partial charge in [0.15, 0.2) is 6.10 Å². The molecule has 0 aliphatic rings. The van der Waals surface area contributed by atoms with E-state index in [0.29, 0.717) is 19.3 Å². The highest BCUT2D eigenvalue weighted by molar-refractivity contribution is 5.71. The normalized spacial score (nSPS) is 12.2. The van der Waals surface area contributed by atoms with Gasteiger partial charge in [0.1, 0.15) is 13.2 Å². The summed E-state index contributed by atoms with van der Waals surface area (Å²) < 4.78 is 16.8. The summed E-state index contributed by atoms with van der Waals surface area (Å²) in [6.45, 7) is 6.52. The molecular weight excluding hydrogens is 841 g/mol. The number of unbranched alkanes of at least 4 members (excludes halogenated alkanes) is 38. The van der Waals surface area contributed by atoms with Crippen LogP contribution in [-0.2, 0) is 28.6 Å². The summed E-state index contributed by atoms with van der Waals surface area (Å²) >= 11 is 0. The Morgan fingerprint density at radius 2 is 0.574 bits per heavy atom. The van der Waals surface area contributed by atoms with Crippen molar-refractivity contribution in [1.29, 1.82) is 0 Å². The van der Waals surface area contributed by atoms with Crippen molar-refractivity contribution in [2.45, 2.75) is 329 Å². The van der Waals surface area contributed by atoms with Gasteiger partial charge in [0.05, 0.1) is 0 Å². The topological polar surface area (TPSA) is 78.9 Å². The Balaban J connectivity index is 4.07. The summed E-state index contributed by atoms with van der Waals surface area (Å²) in [6, 6.07) is 0. The van der Waals surface area contributed by atoms with Crippen molar-refractivity contribution in [3.8, 4) is 0 Å². The molecule has 0 spiro atoms. The molecule has 0 aromatic rings. The average molecular weight is 956 g/mol. The highest BCUT2D eigenvalue weighted by Crippen LogP contribution is 2.18. The zero-order chi connectivity index (χ0) is 49.3. The van der Waals surface area contributed by atoms with E-state index in [1.54, 1.807) is 0 Å². The van der Waals surface area contributed by atoms with Crippen molar-refractivity contribution in [3.63, 3.8) is 0 Å². The Morgan fingerprint density at radius 1 is 0.309 bits per heavy atom. The van der Waals surface area contributed by atoms with Crippen LogP contribution in [0.1, 0.15) is 323 Å². The second-order valence-electron chi connectivity index (χ2n) is 20.2. The van der Waals surface area contributed by atoms with Crippen LogP contribution in [0.3, 0.4) is 0 Å². The molecule has 6 heteroatoms. The minimum absolute atomic E-state index is 0.0798. The van der Waals surface area contributed by atoms with Gasteiger partial charge in [-0.15, -0.1) is 0 Å². The maximum atomic E-state index is 12.8. The molecule has 68 heavy (non-hydrogen) atoms. The van der Waals surface area contributed by atoms with Crippen LogP contribution in [0.2, 0.25) is 0 Å². The third kappa shape index (κ3) is 54.6. The van der Waals surface area contributed by atoms with Gasteiger partial charge in [0.2, 0.25) is 0 Å². The van der Waals surface area contributed by atoms with Crippen molar-refractivity contribution in [3.05, 3.63) is 36.5 Å². The van der Waals surface area contributed by atoms with Gasteiger partial charge in [-0.2, -0.15) is 0 Å². The quantitative estimate of drug-likeness (QED) is 0.0262. The summed E-state index contributed by atoms with van der Waals surface area (Å²) in [6.07, 6.45) is 69.0.